The highest BCUT2D eigenvalue weighted by Crippen LogP contribution is 2.20. The summed E-state index contributed by atoms with van der Waals surface area (Å²) >= 11 is 0. The third kappa shape index (κ3) is 4.39. The van der Waals surface area contributed by atoms with Gasteiger partial charge < -0.3 is 10.2 Å². The Bertz CT molecular complexity index is 894. The highest BCUT2D eigenvalue weighted by molar-refractivity contribution is 5.95. The second-order valence-corrected chi connectivity index (χ2v) is 5.35. The van der Waals surface area contributed by atoms with Gasteiger partial charge in [0.1, 0.15) is 0 Å². The van der Waals surface area contributed by atoms with Crippen molar-refractivity contribution in [3.8, 4) is 6.07 Å². The van der Waals surface area contributed by atoms with Gasteiger partial charge in [-0.1, -0.05) is 6.07 Å². The molecule has 0 fully saturated rings. The molecule has 1 N–H and O–H groups in total. The first-order valence-corrected chi connectivity index (χ1v) is 7.55. The largest absolute Gasteiger partial charge is 0.323 e. The molecule has 0 saturated heterocycles. The van der Waals surface area contributed by atoms with Crippen LogP contribution in [0.2, 0.25) is 0 Å². The summed E-state index contributed by atoms with van der Waals surface area (Å²) in [6.45, 7) is 1.26. The molecule has 26 heavy (non-hydrogen) atoms. The second-order valence-electron chi connectivity index (χ2n) is 5.35. The molecular formula is C18H14F3N3O2. The van der Waals surface area contributed by atoms with E-state index >= 15 is 0 Å². The molecule has 0 saturated carbocycles. The maximum Gasteiger partial charge on any atom is 0.226 e. The number of benzene rings is 2. The van der Waals surface area contributed by atoms with Gasteiger partial charge in [-0.2, -0.15) is 5.26 Å². The van der Waals surface area contributed by atoms with Gasteiger partial charge in [0.25, 0.3) is 0 Å². The van der Waals surface area contributed by atoms with E-state index < -0.39 is 29.0 Å². The van der Waals surface area contributed by atoms with Gasteiger partial charge in [-0.05, 0) is 30.3 Å². The summed E-state index contributed by atoms with van der Waals surface area (Å²) in [5, 5.41) is 11.1. The van der Waals surface area contributed by atoms with Gasteiger partial charge in [0.05, 0.1) is 17.3 Å². The molecule has 8 heteroatoms. The summed E-state index contributed by atoms with van der Waals surface area (Å²) in [5.74, 6) is -5.57. The van der Waals surface area contributed by atoms with E-state index in [4.69, 9.17) is 5.26 Å². The smallest absolute Gasteiger partial charge is 0.226 e. The minimum absolute atomic E-state index is 0.0403. The van der Waals surface area contributed by atoms with E-state index in [-0.39, 0.29) is 18.9 Å². The summed E-state index contributed by atoms with van der Waals surface area (Å²) in [6, 6.07) is 9.82. The maximum atomic E-state index is 13.6. The minimum atomic E-state index is -1.68. The highest BCUT2D eigenvalue weighted by atomic mass is 19.2. The Morgan fingerprint density at radius 2 is 1.88 bits per heavy atom. The number of amides is 2. The Balaban J connectivity index is 2.07. The Hall–Kier alpha value is -3.34. The van der Waals surface area contributed by atoms with Crippen LogP contribution in [0.25, 0.3) is 0 Å². The minimum Gasteiger partial charge on any atom is -0.323 e. The SMILES string of the molecule is CC(=O)N(CCC(=O)Nc1ccc(F)c(F)c1F)c1cccc(C#N)c1. The highest BCUT2D eigenvalue weighted by Gasteiger charge is 2.17. The number of nitriles is 1. The Morgan fingerprint density at radius 3 is 2.54 bits per heavy atom. The van der Waals surface area contributed by atoms with Crippen LogP contribution in [0.15, 0.2) is 36.4 Å². The first-order valence-electron chi connectivity index (χ1n) is 7.55. The number of carbonyl (C=O) groups is 2. The van der Waals surface area contributed by atoms with Gasteiger partial charge in [0.15, 0.2) is 17.5 Å². The fourth-order valence-electron chi connectivity index (χ4n) is 2.26. The average Bonchev–Trinajstić information content (AvgIpc) is 2.62. The molecule has 0 heterocycles. The van der Waals surface area contributed by atoms with Crippen molar-refractivity contribution < 1.29 is 22.8 Å². The zero-order valence-corrected chi connectivity index (χ0v) is 13.7. The van der Waals surface area contributed by atoms with Crippen molar-refractivity contribution in [3.63, 3.8) is 0 Å². The van der Waals surface area contributed by atoms with Crippen molar-refractivity contribution in [2.24, 2.45) is 0 Å². The lowest BCUT2D eigenvalue weighted by molar-refractivity contribution is -0.117. The molecule has 0 atom stereocenters. The maximum absolute atomic E-state index is 13.6. The number of anilines is 2. The molecule has 5 nitrogen and oxygen atoms in total. The van der Waals surface area contributed by atoms with Crippen LogP contribution in [-0.2, 0) is 9.59 Å². The molecule has 0 spiro atoms. The number of nitrogens with one attached hydrogen (secondary N) is 1. The fraction of sp³-hybridized carbons (Fsp3) is 0.167. The summed E-state index contributed by atoms with van der Waals surface area (Å²) in [7, 11) is 0. The molecule has 0 radical (unpaired) electrons. The lowest BCUT2D eigenvalue weighted by Crippen LogP contribution is -2.32. The van der Waals surface area contributed by atoms with Gasteiger partial charge in [-0.25, -0.2) is 13.2 Å². The van der Waals surface area contributed by atoms with E-state index in [0.717, 1.165) is 6.07 Å². The average molecular weight is 361 g/mol. The van der Waals surface area contributed by atoms with Crippen LogP contribution >= 0.6 is 0 Å². The first-order chi connectivity index (χ1) is 12.3. The van der Waals surface area contributed by atoms with Crippen LogP contribution in [0.4, 0.5) is 24.5 Å². The van der Waals surface area contributed by atoms with Crippen LogP contribution in [-0.4, -0.2) is 18.4 Å². The van der Waals surface area contributed by atoms with E-state index in [0.29, 0.717) is 17.3 Å². The van der Waals surface area contributed by atoms with Gasteiger partial charge in [0.2, 0.25) is 11.8 Å². The van der Waals surface area contributed by atoms with Crippen molar-refractivity contribution in [2.75, 3.05) is 16.8 Å². The normalized spacial score (nSPS) is 10.1. The Morgan fingerprint density at radius 1 is 1.15 bits per heavy atom. The molecule has 2 rings (SSSR count). The van der Waals surface area contributed by atoms with Crippen molar-refractivity contribution in [1.29, 1.82) is 5.26 Å². The number of carbonyl (C=O) groups excluding carboxylic acids is 2. The standard InChI is InChI=1S/C18H14F3N3O2/c1-11(25)24(13-4-2-3-12(9-13)10-22)8-7-16(26)23-15-6-5-14(19)17(20)18(15)21/h2-6,9H,7-8H2,1H3,(H,23,26). The lowest BCUT2D eigenvalue weighted by Gasteiger charge is -2.21. The molecule has 0 aromatic heterocycles. The van der Waals surface area contributed by atoms with Crippen molar-refractivity contribution in [2.45, 2.75) is 13.3 Å². The molecule has 0 unspecified atom stereocenters. The predicted molar refractivity (Wildman–Crippen MR) is 88.7 cm³/mol. The van der Waals surface area contributed by atoms with Gasteiger partial charge in [-0.15, -0.1) is 0 Å². The van der Waals surface area contributed by atoms with E-state index in [1.54, 1.807) is 18.2 Å². The molecule has 0 aliphatic rings. The van der Waals surface area contributed by atoms with Crippen LogP contribution in [0.3, 0.4) is 0 Å². The molecule has 0 aliphatic carbocycles. The summed E-state index contributed by atoms with van der Waals surface area (Å²) in [4.78, 5) is 25.0. The number of hydrogen-bond donors (Lipinski definition) is 1. The van der Waals surface area contributed by atoms with Crippen molar-refractivity contribution in [3.05, 3.63) is 59.4 Å². The van der Waals surface area contributed by atoms with E-state index in [1.165, 1.54) is 17.9 Å². The monoisotopic (exact) mass is 361 g/mol. The third-order valence-electron chi connectivity index (χ3n) is 3.54. The third-order valence-corrected chi connectivity index (χ3v) is 3.54. The Labute approximate surface area is 147 Å². The van der Waals surface area contributed by atoms with Gasteiger partial charge in [-0.3, -0.25) is 9.59 Å². The molecule has 0 aliphatic heterocycles. The molecule has 134 valence electrons. The first kappa shape index (κ1) is 19.0. The van der Waals surface area contributed by atoms with E-state index in [9.17, 15) is 22.8 Å². The molecule has 2 aromatic rings. The number of halogens is 3. The quantitative estimate of drug-likeness (QED) is 0.830. The van der Waals surface area contributed by atoms with Gasteiger partial charge >= 0.3 is 0 Å². The fourth-order valence-corrected chi connectivity index (χ4v) is 2.26. The van der Waals surface area contributed by atoms with E-state index in [2.05, 4.69) is 5.32 Å². The van der Waals surface area contributed by atoms with Crippen molar-refractivity contribution >= 4 is 23.2 Å². The van der Waals surface area contributed by atoms with Crippen LogP contribution in [0.1, 0.15) is 18.9 Å². The topological polar surface area (TPSA) is 73.2 Å². The van der Waals surface area contributed by atoms with Crippen LogP contribution in [0.5, 0.6) is 0 Å². The summed E-state index contributed by atoms with van der Waals surface area (Å²) < 4.78 is 39.6. The summed E-state index contributed by atoms with van der Waals surface area (Å²) in [5.41, 5.74) is 0.292. The number of rotatable bonds is 5. The molecule has 2 amide bonds. The zero-order chi connectivity index (χ0) is 19.3. The zero-order valence-electron chi connectivity index (χ0n) is 13.7. The van der Waals surface area contributed by atoms with Crippen LogP contribution < -0.4 is 10.2 Å². The number of nitrogens with zero attached hydrogens (tertiary/aromatic N) is 2. The predicted octanol–water partition coefficient (Wildman–Crippen LogP) is 3.36. The second kappa shape index (κ2) is 8.16. The van der Waals surface area contributed by atoms with E-state index in [1.807, 2.05) is 6.07 Å². The molecule has 0 bridgehead atoms. The molecular weight excluding hydrogens is 347 g/mol. The Kier molecular flexibility index (Phi) is 5.96. The van der Waals surface area contributed by atoms with Gasteiger partial charge in [0, 0.05) is 25.6 Å². The summed E-state index contributed by atoms with van der Waals surface area (Å²) in [6.07, 6.45) is -0.213. The van der Waals surface area contributed by atoms with Crippen molar-refractivity contribution in [1.82, 2.24) is 0 Å². The molecule has 2 aromatic carbocycles. The number of hydrogen-bond acceptors (Lipinski definition) is 3. The lowest BCUT2D eigenvalue weighted by atomic mass is 10.2. The van der Waals surface area contributed by atoms with Crippen LogP contribution in [0, 0.1) is 28.8 Å².